The zero-order chi connectivity index (χ0) is 14.0. The van der Waals surface area contributed by atoms with Crippen molar-refractivity contribution in [1.82, 2.24) is 14.9 Å². The summed E-state index contributed by atoms with van der Waals surface area (Å²) in [6.07, 6.45) is 0.825. The van der Waals surface area contributed by atoms with Crippen LogP contribution in [0.3, 0.4) is 0 Å². The van der Waals surface area contributed by atoms with E-state index >= 15 is 0 Å². The molecule has 2 rings (SSSR count). The summed E-state index contributed by atoms with van der Waals surface area (Å²) >= 11 is 0. The summed E-state index contributed by atoms with van der Waals surface area (Å²) in [4.78, 5) is 16.3. The summed E-state index contributed by atoms with van der Waals surface area (Å²) in [5.41, 5.74) is 8.30. The molecular formula is C14H20N4O. The van der Waals surface area contributed by atoms with E-state index in [-0.39, 0.29) is 12.5 Å². The summed E-state index contributed by atoms with van der Waals surface area (Å²) < 4.78 is 1.95. The van der Waals surface area contributed by atoms with E-state index in [0.717, 1.165) is 23.3 Å². The number of nitrogens with two attached hydrogens (primary N) is 1. The van der Waals surface area contributed by atoms with Crippen molar-refractivity contribution in [3.05, 3.63) is 24.0 Å². The van der Waals surface area contributed by atoms with E-state index in [0.29, 0.717) is 11.6 Å². The molecule has 0 saturated heterocycles. The first-order valence-electron chi connectivity index (χ1n) is 6.47. The number of anilines is 1. The predicted octanol–water partition coefficient (Wildman–Crippen LogP) is 1.56. The molecule has 0 spiro atoms. The third-order valence-electron chi connectivity index (χ3n) is 3.06. The Labute approximate surface area is 112 Å². The van der Waals surface area contributed by atoms with Crippen LogP contribution in [-0.4, -0.2) is 22.5 Å². The number of amides is 1. The molecule has 0 atom stereocenters. The second-order valence-electron chi connectivity index (χ2n) is 5.10. The maximum atomic E-state index is 11.7. The van der Waals surface area contributed by atoms with Crippen molar-refractivity contribution in [2.24, 2.45) is 5.92 Å². The Hall–Kier alpha value is -2.04. The number of nitrogen functional groups attached to an aromatic ring is 1. The summed E-state index contributed by atoms with van der Waals surface area (Å²) in [6.45, 7) is 4.54. The smallest absolute Gasteiger partial charge is 0.239 e. The average Bonchev–Trinajstić information content (AvgIpc) is 2.68. The van der Waals surface area contributed by atoms with E-state index in [1.165, 1.54) is 0 Å². The van der Waals surface area contributed by atoms with E-state index in [9.17, 15) is 4.79 Å². The van der Waals surface area contributed by atoms with E-state index < -0.39 is 0 Å². The van der Waals surface area contributed by atoms with Crippen molar-refractivity contribution in [3.8, 4) is 0 Å². The molecule has 19 heavy (non-hydrogen) atoms. The molecule has 0 aliphatic carbocycles. The summed E-state index contributed by atoms with van der Waals surface area (Å²) in [5.74, 6) is 1.35. The normalized spacial score (nSPS) is 11.2. The Morgan fingerprint density at radius 2 is 2.21 bits per heavy atom. The van der Waals surface area contributed by atoms with Crippen molar-refractivity contribution in [3.63, 3.8) is 0 Å². The van der Waals surface area contributed by atoms with Gasteiger partial charge in [-0.25, -0.2) is 4.98 Å². The number of imidazole rings is 1. The monoisotopic (exact) mass is 260 g/mol. The lowest BCUT2D eigenvalue weighted by atomic mass is 10.1. The first kappa shape index (κ1) is 13.4. The highest BCUT2D eigenvalue weighted by molar-refractivity contribution is 5.89. The van der Waals surface area contributed by atoms with Gasteiger partial charge in [0, 0.05) is 13.5 Å². The molecule has 1 heterocycles. The number of fused-ring (bicyclic) bond motifs is 1. The van der Waals surface area contributed by atoms with Gasteiger partial charge in [-0.05, 0) is 18.1 Å². The van der Waals surface area contributed by atoms with Crippen LogP contribution in [0.1, 0.15) is 19.7 Å². The minimum absolute atomic E-state index is 0.0354. The fraction of sp³-hybridized carbons (Fsp3) is 0.429. The van der Waals surface area contributed by atoms with Crippen molar-refractivity contribution >= 4 is 22.6 Å². The second kappa shape index (κ2) is 5.30. The van der Waals surface area contributed by atoms with Gasteiger partial charge in [-0.15, -0.1) is 0 Å². The largest absolute Gasteiger partial charge is 0.397 e. The predicted molar refractivity (Wildman–Crippen MR) is 76.8 cm³/mol. The van der Waals surface area contributed by atoms with E-state index in [2.05, 4.69) is 24.1 Å². The van der Waals surface area contributed by atoms with E-state index in [1.807, 2.05) is 22.8 Å². The maximum Gasteiger partial charge on any atom is 0.239 e. The fourth-order valence-corrected chi connectivity index (χ4v) is 2.14. The Kier molecular flexibility index (Phi) is 3.74. The third kappa shape index (κ3) is 2.70. The van der Waals surface area contributed by atoms with Crippen LogP contribution in [0.2, 0.25) is 0 Å². The number of rotatable bonds is 4. The first-order chi connectivity index (χ1) is 9.02. The van der Waals surface area contributed by atoms with Crippen LogP contribution >= 0.6 is 0 Å². The van der Waals surface area contributed by atoms with Gasteiger partial charge in [0.05, 0.1) is 11.2 Å². The third-order valence-corrected chi connectivity index (χ3v) is 3.06. The number of benzene rings is 1. The number of para-hydroxylation sites is 1. The topological polar surface area (TPSA) is 72.9 Å². The molecule has 1 amide bonds. The zero-order valence-corrected chi connectivity index (χ0v) is 11.6. The van der Waals surface area contributed by atoms with E-state index in [4.69, 9.17) is 5.73 Å². The summed E-state index contributed by atoms with van der Waals surface area (Å²) in [5, 5.41) is 2.64. The lowest BCUT2D eigenvalue weighted by Gasteiger charge is -2.09. The quantitative estimate of drug-likeness (QED) is 0.819. The molecular weight excluding hydrogens is 240 g/mol. The Morgan fingerprint density at radius 1 is 1.47 bits per heavy atom. The molecule has 0 radical (unpaired) electrons. The van der Waals surface area contributed by atoms with E-state index in [1.54, 1.807) is 7.05 Å². The van der Waals surface area contributed by atoms with Gasteiger partial charge in [0.25, 0.3) is 0 Å². The molecule has 0 fully saturated rings. The number of carbonyl (C=O) groups excluding carboxylic acids is 1. The lowest BCUT2D eigenvalue weighted by molar-refractivity contribution is -0.121. The molecule has 1 aromatic heterocycles. The molecule has 1 aromatic carbocycles. The molecule has 0 unspecified atom stereocenters. The number of nitrogens with one attached hydrogen (secondary N) is 1. The van der Waals surface area contributed by atoms with Gasteiger partial charge in [-0.1, -0.05) is 19.9 Å². The molecule has 2 aromatic rings. The van der Waals surface area contributed by atoms with Crippen LogP contribution in [0.15, 0.2) is 18.2 Å². The second-order valence-corrected chi connectivity index (χ2v) is 5.10. The number of likely N-dealkylation sites (N-methyl/N-ethyl adjacent to an activating group) is 1. The van der Waals surface area contributed by atoms with Crippen molar-refractivity contribution in [1.29, 1.82) is 0 Å². The van der Waals surface area contributed by atoms with Gasteiger partial charge in [-0.2, -0.15) is 0 Å². The van der Waals surface area contributed by atoms with Crippen LogP contribution < -0.4 is 11.1 Å². The van der Waals surface area contributed by atoms with Crippen molar-refractivity contribution in [2.75, 3.05) is 12.8 Å². The highest BCUT2D eigenvalue weighted by Gasteiger charge is 2.15. The molecule has 0 aliphatic heterocycles. The number of hydrogen-bond donors (Lipinski definition) is 2. The van der Waals surface area contributed by atoms with Crippen molar-refractivity contribution < 1.29 is 4.79 Å². The number of nitrogens with zero attached hydrogens (tertiary/aromatic N) is 2. The average molecular weight is 260 g/mol. The Balaban J connectivity index is 2.54. The highest BCUT2D eigenvalue weighted by atomic mass is 16.1. The van der Waals surface area contributed by atoms with Crippen LogP contribution in [0.4, 0.5) is 5.69 Å². The molecule has 0 bridgehead atoms. The van der Waals surface area contributed by atoms with Gasteiger partial charge < -0.3 is 15.6 Å². The number of hydrogen-bond acceptors (Lipinski definition) is 3. The minimum atomic E-state index is -0.0354. The molecule has 102 valence electrons. The fourth-order valence-electron chi connectivity index (χ4n) is 2.14. The molecule has 0 saturated carbocycles. The number of aromatic nitrogens is 2. The van der Waals surface area contributed by atoms with Gasteiger partial charge >= 0.3 is 0 Å². The highest BCUT2D eigenvalue weighted by Crippen LogP contribution is 2.23. The van der Waals surface area contributed by atoms with Crippen LogP contribution in [0.25, 0.3) is 11.0 Å². The van der Waals surface area contributed by atoms with Crippen LogP contribution in [0.5, 0.6) is 0 Å². The van der Waals surface area contributed by atoms with Gasteiger partial charge in [0.15, 0.2) is 0 Å². The molecule has 5 heteroatoms. The molecule has 5 nitrogen and oxygen atoms in total. The number of carbonyl (C=O) groups is 1. The summed E-state index contributed by atoms with van der Waals surface area (Å²) in [6, 6.07) is 5.67. The lowest BCUT2D eigenvalue weighted by Crippen LogP contribution is -2.24. The zero-order valence-electron chi connectivity index (χ0n) is 11.6. The maximum absolute atomic E-state index is 11.7. The van der Waals surface area contributed by atoms with Crippen LogP contribution in [-0.2, 0) is 17.8 Å². The van der Waals surface area contributed by atoms with Crippen molar-refractivity contribution in [2.45, 2.75) is 26.8 Å². The Morgan fingerprint density at radius 3 is 2.84 bits per heavy atom. The molecule has 0 aliphatic rings. The standard InChI is InChI=1S/C14H20N4O/c1-9(2)7-12-17-14-10(15)5-4-6-11(14)18(12)8-13(19)16-3/h4-6,9H,7-8,15H2,1-3H3,(H,16,19). The van der Waals surface area contributed by atoms with Gasteiger partial charge in [0.1, 0.15) is 17.9 Å². The first-order valence-corrected chi connectivity index (χ1v) is 6.47. The van der Waals surface area contributed by atoms with Crippen LogP contribution in [0, 0.1) is 5.92 Å². The van der Waals surface area contributed by atoms with Gasteiger partial charge in [-0.3, -0.25) is 4.79 Å². The Bertz CT molecular complexity index is 601. The molecule has 3 N–H and O–H groups in total. The summed E-state index contributed by atoms with van der Waals surface area (Å²) in [7, 11) is 1.64. The van der Waals surface area contributed by atoms with Gasteiger partial charge in [0.2, 0.25) is 5.91 Å². The minimum Gasteiger partial charge on any atom is -0.397 e. The SMILES string of the molecule is CNC(=O)Cn1c(CC(C)C)nc2c(N)cccc21.